The summed E-state index contributed by atoms with van der Waals surface area (Å²) in [7, 11) is -2.25. The number of aromatic nitrogens is 1. The van der Waals surface area contributed by atoms with Crippen LogP contribution in [0.2, 0.25) is 0 Å². The number of fused-ring (bicyclic) bond motifs is 1. The number of hydrogen-bond acceptors (Lipinski definition) is 5. The molecule has 0 radical (unpaired) electrons. The minimum Gasteiger partial charge on any atom is -0.361 e. The summed E-state index contributed by atoms with van der Waals surface area (Å²) in [5.41, 5.74) is 0.575. The third-order valence-corrected chi connectivity index (χ3v) is 5.16. The first-order chi connectivity index (χ1) is 7.93. The number of sulfonamides is 1. The second kappa shape index (κ2) is 4.51. The SMILES string of the molecule is COC(Cl)c1ccnc2cc(S(N)(=O)=O)sc12. The fraction of sp³-hybridized carbons (Fsp3) is 0.222. The first-order valence-corrected chi connectivity index (χ1v) is 7.31. The standard InChI is InChI=1S/C9H9ClN2O3S2/c1-15-9(10)5-2-3-12-6-4-7(16-8(5)6)17(11,13)14/h2-4,9H,1H3,(H2,11,13,14). The van der Waals surface area contributed by atoms with Crippen molar-refractivity contribution in [1.29, 1.82) is 0 Å². The number of methoxy groups -OCH3 is 1. The molecule has 0 aliphatic heterocycles. The summed E-state index contributed by atoms with van der Waals surface area (Å²) in [5.74, 6) is 0. The fourth-order valence-electron chi connectivity index (χ4n) is 1.38. The van der Waals surface area contributed by atoms with Crippen molar-refractivity contribution in [2.75, 3.05) is 7.11 Å². The van der Waals surface area contributed by atoms with Gasteiger partial charge in [-0.1, -0.05) is 11.6 Å². The highest BCUT2D eigenvalue weighted by molar-refractivity contribution is 7.91. The second-order valence-corrected chi connectivity index (χ2v) is 6.51. The van der Waals surface area contributed by atoms with Gasteiger partial charge in [-0.2, -0.15) is 0 Å². The second-order valence-electron chi connectivity index (χ2n) is 3.28. The quantitative estimate of drug-likeness (QED) is 0.875. The summed E-state index contributed by atoms with van der Waals surface area (Å²) in [6.07, 6.45) is 1.55. The molecule has 17 heavy (non-hydrogen) atoms. The first kappa shape index (κ1) is 12.7. The number of halogens is 1. The lowest BCUT2D eigenvalue weighted by Gasteiger charge is -2.07. The van der Waals surface area contributed by atoms with Crippen molar-refractivity contribution in [3.8, 4) is 0 Å². The Labute approximate surface area is 107 Å². The van der Waals surface area contributed by atoms with E-state index < -0.39 is 15.6 Å². The highest BCUT2D eigenvalue weighted by Gasteiger charge is 2.18. The number of alkyl halides is 1. The van der Waals surface area contributed by atoms with E-state index in [9.17, 15) is 8.42 Å². The molecule has 0 aromatic carbocycles. The molecule has 0 aliphatic carbocycles. The maximum absolute atomic E-state index is 11.2. The molecular weight excluding hydrogens is 284 g/mol. The van der Waals surface area contributed by atoms with Gasteiger partial charge in [-0.25, -0.2) is 13.6 Å². The summed E-state index contributed by atoms with van der Waals surface area (Å²) < 4.78 is 28.2. The van der Waals surface area contributed by atoms with Crippen LogP contribution in [0.4, 0.5) is 0 Å². The summed E-state index contributed by atoms with van der Waals surface area (Å²) >= 11 is 7.00. The van der Waals surface area contributed by atoms with Gasteiger partial charge in [0.2, 0.25) is 10.0 Å². The minimum atomic E-state index is -3.72. The average Bonchev–Trinajstić information content (AvgIpc) is 2.71. The Bertz CT molecular complexity index is 653. The van der Waals surface area contributed by atoms with Gasteiger partial charge in [0.15, 0.2) is 5.56 Å². The third kappa shape index (κ3) is 2.43. The minimum absolute atomic E-state index is 0.0624. The lowest BCUT2D eigenvalue weighted by atomic mass is 10.2. The van der Waals surface area contributed by atoms with Crippen LogP contribution in [0.25, 0.3) is 10.2 Å². The zero-order valence-corrected chi connectivity index (χ0v) is 11.1. The van der Waals surface area contributed by atoms with Crippen LogP contribution in [0.15, 0.2) is 22.5 Å². The molecule has 0 saturated heterocycles. The Hall–Kier alpha value is -0.730. The predicted molar refractivity (Wildman–Crippen MR) is 66.6 cm³/mol. The molecule has 0 spiro atoms. The van der Waals surface area contributed by atoms with Gasteiger partial charge in [-0.3, -0.25) is 4.98 Å². The van der Waals surface area contributed by atoms with Crippen LogP contribution >= 0.6 is 22.9 Å². The molecule has 2 heterocycles. The average molecular weight is 293 g/mol. The number of nitrogens with two attached hydrogens (primary N) is 1. The maximum atomic E-state index is 11.2. The van der Waals surface area contributed by atoms with Crippen LogP contribution in [-0.4, -0.2) is 20.5 Å². The zero-order chi connectivity index (χ0) is 12.6. The summed E-state index contributed by atoms with van der Waals surface area (Å²) in [5, 5.41) is 5.07. The third-order valence-electron chi connectivity index (χ3n) is 2.15. The monoisotopic (exact) mass is 292 g/mol. The van der Waals surface area contributed by atoms with E-state index in [2.05, 4.69) is 4.98 Å². The van der Waals surface area contributed by atoms with Gasteiger partial charge in [0, 0.05) is 18.9 Å². The molecule has 0 amide bonds. The van der Waals surface area contributed by atoms with E-state index in [1.165, 1.54) is 13.2 Å². The van der Waals surface area contributed by atoms with Gasteiger partial charge in [0.25, 0.3) is 0 Å². The van der Waals surface area contributed by atoms with Crippen molar-refractivity contribution in [2.24, 2.45) is 5.14 Å². The Balaban J connectivity index is 2.69. The Morgan fingerprint density at radius 1 is 1.59 bits per heavy atom. The number of thiophene rings is 1. The van der Waals surface area contributed by atoms with Gasteiger partial charge in [0.1, 0.15) is 4.21 Å². The molecule has 2 N–H and O–H groups in total. The molecule has 1 unspecified atom stereocenters. The predicted octanol–water partition coefficient (Wildman–Crippen LogP) is 1.83. The van der Waals surface area contributed by atoms with Crippen LogP contribution in [0.5, 0.6) is 0 Å². The van der Waals surface area contributed by atoms with Gasteiger partial charge >= 0.3 is 0 Å². The fourth-order valence-corrected chi connectivity index (χ4v) is 3.50. The van der Waals surface area contributed by atoms with Crippen molar-refractivity contribution in [3.63, 3.8) is 0 Å². The van der Waals surface area contributed by atoms with E-state index >= 15 is 0 Å². The normalized spacial score (nSPS) is 14.1. The molecular formula is C9H9ClN2O3S2. The van der Waals surface area contributed by atoms with E-state index in [1.807, 2.05) is 0 Å². The van der Waals surface area contributed by atoms with Crippen molar-refractivity contribution in [3.05, 3.63) is 23.9 Å². The first-order valence-electron chi connectivity index (χ1n) is 4.51. The zero-order valence-electron chi connectivity index (χ0n) is 8.75. The van der Waals surface area contributed by atoms with Crippen LogP contribution < -0.4 is 5.14 Å². The van der Waals surface area contributed by atoms with Gasteiger partial charge in [0.05, 0.1) is 10.2 Å². The Kier molecular flexibility index (Phi) is 3.37. The van der Waals surface area contributed by atoms with Crippen LogP contribution in [0.1, 0.15) is 11.1 Å². The lowest BCUT2D eigenvalue weighted by Crippen LogP contribution is -2.09. The van der Waals surface area contributed by atoms with Crippen LogP contribution in [0, 0.1) is 0 Å². The maximum Gasteiger partial charge on any atom is 0.247 e. The molecule has 0 aliphatic rings. The molecule has 2 aromatic rings. The van der Waals surface area contributed by atoms with Crippen molar-refractivity contribution < 1.29 is 13.2 Å². The van der Waals surface area contributed by atoms with Crippen molar-refractivity contribution in [1.82, 2.24) is 4.98 Å². The van der Waals surface area contributed by atoms with Gasteiger partial charge in [-0.15, -0.1) is 11.3 Å². The van der Waals surface area contributed by atoms with Crippen molar-refractivity contribution >= 4 is 43.2 Å². The molecule has 0 fully saturated rings. The molecule has 2 aromatic heterocycles. The molecule has 0 bridgehead atoms. The van der Waals surface area contributed by atoms with E-state index in [4.69, 9.17) is 21.5 Å². The lowest BCUT2D eigenvalue weighted by molar-refractivity contribution is 0.171. The Morgan fingerprint density at radius 3 is 2.88 bits per heavy atom. The molecule has 5 nitrogen and oxygen atoms in total. The van der Waals surface area contributed by atoms with Gasteiger partial charge < -0.3 is 4.74 Å². The smallest absolute Gasteiger partial charge is 0.247 e. The molecule has 0 saturated carbocycles. The number of hydrogen-bond donors (Lipinski definition) is 1. The molecule has 92 valence electrons. The number of pyridine rings is 1. The molecule has 1 atom stereocenters. The number of rotatable bonds is 3. The molecule has 8 heteroatoms. The van der Waals surface area contributed by atoms with E-state index in [1.54, 1.807) is 12.3 Å². The highest BCUT2D eigenvalue weighted by Crippen LogP contribution is 2.34. The summed E-state index contributed by atoms with van der Waals surface area (Å²) in [4.78, 5) is 4.07. The van der Waals surface area contributed by atoms with E-state index in [-0.39, 0.29) is 4.21 Å². The molecule has 2 rings (SSSR count). The van der Waals surface area contributed by atoms with E-state index in [0.29, 0.717) is 15.8 Å². The summed E-state index contributed by atoms with van der Waals surface area (Å²) in [6, 6.07) is 3.12. The van der Waals surface area contributed by atoms with Crippen LogP contribution in [0.3, 0.4) is 0 Å². The largest absolute Gasteiger partial charge is 0.361 e. The van der Waals surface area contributed by atoms with Gasteiger partial charge in [-0.05, 0) is 12.1 Å². The number of primary sulfonamides is 1. The topological polar surface area (TPSA) is 82.3 Å². The number of nitrogens with zero attached hydrogens (tertiary/aromatic N) is 1. The van der Waals surface area contributed by atoms with E-state index in [0.717, 1.165) is 11.3 Å². The van der Waals surface area contributed by atoms with Crippen molar-refractivity contribution in [2.45, 2.75) is 9.77 Å². The number of ether oxygens (including phenoxy) is 1. The summed E-state index contributed by atoms with van der Waals surface area (Å²) in [6.45, 7) is 0. The Morgan fingerprint density at radius 2 is 2.29 bits per heavy atom. The van der Waals surface area contributed by atoms with Crippen LogP contribution in [-0.2, 0) is 14.8 Å². The highest BCUT2D eigenvalue weighted by atomic mass is 35.5.